The summed E-state index contributed by atoms with van der Waals surface area (Å²) in [4.78, 5) is 0. The number of hydrogen-bond donors (Lipinski definition) is 0. The molecule has 100 valence electrons. The van der Waals surface area contributed by atoms with E-state index in [1.807, 2.05) is 30.3 Å². The van der Waals surface area contributed by atoms with Crippen LogP contribution in [0, 0.1) is 0 Å². The summed E-state index contributed by atoms with van der Waals surface area (Å²) in [5, 5.41) is 0. The van der Waals surface area contributed by atoms with Gasteiger partial charge in [0.05, 0.1) is 16.8 Å². The van der Waals surface area contributed by atoms with Gasteiger partial charge in [0.25, 0.3) is 0 Å². The molecule has 1 heterocycles. The van der Waals surface area contributed by atoms with Crippen molar-refractivity contribution in [2.45, 2.75) is 37.9 Å². The van der Waals surface area contributed by atoms with Gasteiger partial charge in [-0.2, -0.15) is 0 Å². The summed E-state index contributed by atoms with van der Waals surface area (Å²) in [6.45, 7) is -0.365. The molecule has 1 saturated heterocycles. The summed E-state index contributed by atoms with van der Waals surface area (Å²) in [5.74, 6) is 0. The molecule has 2 rings (SSSR count). The maximum absolute atomic E-state index is 13.1. The highest BCUT2D eigenvalue weighted by atomic mass is 19.1. The highest BCUT2D eigenvalue weighted by Crippen LogP contribution is 2.24. The lowest BCUT2D eigenvalue weighted by Crippen LogP contribution is -2.42. The Labute approximate surface area is 111 Å². The van der Waals surface area contributed by atoms with Crippen molar-refractivity contribution in [2.75, 3.05) is 13.7 Å². The molecule has 1 aromatic rings. The number of hydrogen-bond acceptors (Lipinski definition) is 3. The van der Waals surface area contributed by atoms with Crippen LogP contribution in [0.1, 0.15) is 22.5 Å². The van der Waals surface area contributed by atoms with Crippen LogP contribution in [-0.4, -0.2) is 32.2 Å². The molecule has 1 aliphatic heterocycles. The fraction of sp³-hybridized carbons (Fsp3) is 0.571. The molecule has 1 aromatic carbocycles. The minimum Gasteiger partial charge on any atom is -0.371 e. The second-order valence-corrected chi connectivity index (χ2v) is 4.29. The van der Waals surface area contributed by atoms with Crippen LogP contribution in [0.2, 0.25) is 0 Å². The number of ether oxygens (including phenoxy) is 3. The lowest BCUT2D eigenvalue weighted by molar-refractivity contribution is -0.225. The highest BCUT2D eigenvalue weighted by Gasteiger charge is 2.31. The van der Waals surface area contributed by atoms with Crippen LogP contribution in [0.15, 0.2) is 30.3 Å². The third-order valence-electron chi connectivity index (χ3n) is 3.02. The SMILES string of the molecule is [2H]C([2H])([2H])O[C@@H]1CC[C@@H](OCc2ccccc2)[C@H](CF)O1. The van der Waals surface area contributed by atoms with Gasteiger partial charge in [0.1, 0.15) is 12.8 Å². The van der Waals surface area contributed by atoms with Gasteiger partial charge in [0.2, 0.25) is 0 Å². The van der Waals surface area contributed by atoms with Crippen molar-refractivity contribution in [3.8, 4) is 0 Å². The first-order valence-electron chi connectivity index (χ1n) is 7.53. The smallest absolute Gasteiger partial charge is 0.157 e. The molecular weight excluding hydrogens is 235 g/mol. The maximum Gasteiger partial charge on any atom is 0.157 e. The molecule has 0 aliphatic carbocycles. The normalized spacial score (nSPS) is 31.4. The van der Waals surface area contributed by atoms with E-state index >= 15 is 0 Å². The van der Waals surface area contributed by atoms with Crippen molar-refractivity contribution < 1.29 is 22.7 Å². The Morgan fingerprint density at radius 3 is 2.94 bits per heavy atom. The van der Waals surface area contributed by atoms with Crippen molar-refractivity contribution in [1.29, 1.82) is 0 Å². The van der Waals surface area contributed by atoms with Gasteiger partial charge in [-0.15, -0.1) is 0 Å². The molecule has 1 fully saturated rings. The average molecular weight is 257 g/mol. The van der Waals surface area contributed by atoms with E-state index in [0.717, 1.165) is 5.56 Å². The van der Waals surface area contributed by atoms with Gasteiger partial charge in [0, 0.05) is 13.5 Å². The van der Waals surface area contributed by atoms with Crippen molar-refractivity contribution in [2.24, 2.45) is 0 Å². The van der Waals surface area contributed by atoms with Gasteiger partial charge < -0.3 is 14.2 Å². The molecule has 0 aromatic heterocycles. The Hall–Kier alpha value is -0.970. The lowest BCUT2D eigenvalue weighted by atomic mass is 10.1. The van der Waals surface area contributed by atoms with Crippen molar-refractivity contribution in [1.82, 2.24) is 0 Å². The molecule has 18 heavy (non-hydrogen) atoms. The first-order chi connectivity index (χ1) is 9.98. The van der Waals surface area contributed by atoms with E-state index in [1.165, 1.54) is 0 Å². The Morgan fingerprint density at radius 2 is 2.22 bits per heavy atom. The number of methoxy groups -OCH3 is 1. The summed E-state index contributed by atoms with van der Waals surface area (Å²) >= 11 is 0. The maximum atomic E-state index is 13.1. The lowest BCUT2D eigenvalue weighted by Gasteiger charge is -2.34. The number of benzene rings is 1. The largest absolute Gasteiger partial charge is 0.371 e. The molecular formula is C14H19FO3. The average Bonchev–Trinajstić information content (AvgIpc) is 2.45. The molecule has 3 nitrogen and oxygen atoms in total. The monoisotopic (exact) mass is 257 g/mol. The molecule has 0 N–H and O–H groups in total. The van der Waals surface area contributed by atoms with Gasteiger partial charge in [-0.05, 0) is 12.0 Å². The Kier molecular flexibility index (Phi) is 3.75. The summed E-state index contributed by atoms with van der Waals surface area (Å²) in [6, 6.07) is 9.57. The third kappa shape index (κ3) is 3.51. The van der Waals surface area contributed by atoms with E-state index in [1.54, 1.807) is 0 Å². The van der Waals surface area contributed by atoms with Crippen LogP contribution < -0.4 is 0 Å². The van der Waals surface area contributed by atoms with Crippen LogP contribution in [0.4, 0.5) is 4.39 Å². The number of alkyl halides is 1. The summed E-state index contributed by atoms with van der Waals surface area (Å²) in [6.07, 6.45) is -1.23. The van der Waals surface area contributed by atoms with Gasteiger partial charge in [0.15, 0.2) is 6.29 Å². The van der Waals surface area contributed by atoms with Crippen molar-refractivity contribution in [3.05, 3.63) is 35.9 Å². The molecule has 0 unspecified atom stereocenters. The zero-order valence-corrected chi connectivity index (χ0v) is 10.0. The molecule has 0 amide bonds. The summed E-state index contributed by atoms with van der Waals surface area (Å²) in [7, 11) is -2.54. The van der Waals surface area contributed by atoms with E-state index in [4.69, 9.17) is 18.3 Å². The fourth-order valence-corrected chi connectivity index (χ4v) is 2.03. The van der Waals surface area contributed by atoms with Gasteiger partial charge in [-0.1, -0.05) is 30.3 Å². The van der Waals surface area contributed by atoms with Crippen LogP contribution in [0.5, 0.6) is 0 Å². The van der Waals surface area contributed by atoms with Crippen LogP contribution >= 0.6 is 0 Å². The Bertz CT molecular complexity index is 427. The fourth-order valence-electron chi connectivity index (χ4n) is 2.03. The van der Waals surface area contributed by atoms with Crippen molar-refractivity contribution in [3.63, 3.8) is 0 Å². The predicted octanol–water partition coefficient (Wildman–Crippen LogP) is 2.69. The van der Waals surface area contributed by atoms with E-state index in [0.29, 0.717) is 19.4 Å². The zero-order chi connectivity index (χ0) is 15.3. The molecule has 0 bridgehead atoms. The van der Waals surface area contributed by atoms with E-state index < -0.39 is 32.2 Å². The third-order valence-corrected chi connectivity index (χ3v) is 3.02. The highest BCUT2D eigenvalue weighted by molar-refractivity contribution is 5.13. The van der Waals surface area contributed by atoms with Crippen LogP contribution in [-0.2, 0) is 20.8 Å². The minimum atomic E-state index is -2.54. The van der Waals surface area contributed by atoms with E-state index in [2.05, 4.69) is 0 Å². The van der Waals surface area contributed by atoms with E-state index in [9.17, 15) is 4.39 Å². The molecule has 1 aliphatic rings. The topological polar surface area (TPSA) is 27.7 Å². The molecule has 3 atom stereocenters. The number of rotatable bonds is 5. The summed E-state index contributed by atoms with van der Waals surface area (Å²) in [5.41, 5.74) is 0.996. The number of halogens is 1. The Balaban J connectivity index is 1.85. The quantitative estimate of drug-likeness (QED) is 0.811. The minimum absolute atomic E-state index is 0.369. The molecule has 4 heteroatoms. The molecule has 0 saturated carbocycles. The molecule has 0 radical (unpaired) electrons. The second-order valence-electron chi connectivity index (χ2n) is 4.29. The summed E-state index contributed by atoms with van der Waals surface area (Å²) < 4.78 is 50.0. The second kappa shape index (κ2) is 6.83. The van der Waals surface area contributed by atoms with Gasteiger partial charge in [-0.3, -0.25) is 0 Å². The van der Waals surface area contributed by atoms with Crippen LogP contribution in [0.25, 0.3) is 0 Å². The Morgan fingerprint density at radius 1 is 1.39 bits per heavy atom. The predicted molar refractivity (Wildman–Crippen MR) is 65.9 cm³/mol. The zero-order valence-electron chi connectivity index (χ0n) is 13.0. The van der Waals surface area contributed by atoms with Crippen LogP contribution in [0.3, 0.4) is 0 Å². The van der Waals surface area contributed by atoms with Gasteiger partial charge in [-0.25, -0.2) is 4.39 Å². The van der Waals surface area contributed by atoms with E-state index in [-0.39, 0.29) is 0 Å². The van der Waals surface area contributed by atoms with Crippen molar-refractivity contribution >= 4 is 0 Å². The first-order valence-corrected chi connectivity index (χ1v) is 6.03. The first kappa shape index (κ1) is 9.89. The standard InChI is InChI=1S/C14H19FO3/c1-16-14-8-7-12(13(9-15)18-14)17-10-11-5-3-2-4-6-11/h2-6,12-14H,7-10H2,1H3/t12-,13+,14+/m1/s1/i1D3. The molecule has 0 spiro atoms. The van der Waals surface area contributed by atoms with Gasteiger partial charge >= 0.3 is 0 Å².